The second-order valence-electron chi connectivity index (χ2n) is 7.26. The molecule has 2 aromatic carbocycles. The zero-order chi connectivity index (χ0) is 18.7. The maximum atomic E-state index is 13.6. The fourth-order valence-corrected chi connectivity index (χ4v) is 4.14. The summed E-state index contributed by atoms with van der Waals surface area (Å²) in [4.78, 5) is 15.6. The highest BCUT2D eigenvalue weighted by atomic mass is 35.5. The van der Waals surface area contributed by atoms with Crippen molar-refractivity contribution in [1.82, 2.24) is 4.90 Å². The lowest BCUT2D eigenvalue weighted by Crippen LogP contribution is -2.55. The molecule has 1 aliphatic heterocycles. The number of rotatable bonds is 5. The Labute approximate surface area is 160 Å². The van der Waals surface area contributed by atoms with Gasteiger partial charge in [-0.3, -0.25) is 4.79 Å². The van der Waals surface area contributed by atoms with Crippen molar-refractivity contribution in [2.24, 2.45) is 0 Å². The lowest BCUT2D eigenvalue weighted by atomic mass is 9.72. The van der Waals surface area contributed by atoms with Crippen LogP contribution in [0.15, 0.2) is 54.6 Å². The molecule has 3 unspecified atom stereocenters. The second kappa shape index (κ2) is 7.81. The molecule has 0 radical (unpaired) electrons. The van der Waals surface area contributed by atoms with E-state index in [2.05, 4.69) is 0 Å². The van der Waals surface area contributed by atoms with E-state index in [0.29, 0.717) is 5.02 Å². The zero-order valence-corrected chi connectivity index (χ0v) is 16.1. The molecule has 26 heavy (non-hydrogen) atoms. The molecule has 0 bridgehead atoms. The minimum absolute atomic E-state index is 0.0306. The van der Waals surface area contributed by atoms with Crippen LogP contribution in [-0.2, 0) is 10.2 Å². The number of hydrogen-bond donors (Lipinski definition) is 1. The van der Waals surface area contributed by atoms with Crippen molar-refractivity contribution < 1.29 is 9.90 Å². The molecular formula is C22H26ClNO2. The quantitative estimate of drug-likeness (QED) is 0.825. The third-order valence-electron chi connectivity index (χ3n) is 5.70. The van der Waals surface area contributed by atoms with Gasteiger partial charge in [-0.25, -0.2) is 0 Å². The van der Waals surface area contributed by atoms with Gasteiger partial charge in [0.25, 0.3) is 0 Å². The van der Waals surface area contributed by atoms with Gasteiger partial charge >= 0.3 is 0 Å². The summed E-state index contributed by atoms with van der Waals surface area (Å²) in [5.41, 5.74) is 1.55. The van der Waals surface area contributed by atoms with E-state index in [1.165, 1.54) is 0 Å². The van der Waals surface area contributed by atoms with E-state index >= 15 is 0 Å². The van der Waals surface area contributed by atoms with Gasteiger partial charge in [-0.2, -0.15) is 0 Å². The van der Waals surface area contributed by atoms with Crippen LogP contribution in [0.4, 0.5) is 0 Å². The summed E-state index contributed by atoms with van der Waals surface area (Å²) in [5.74, 6) is 0.0933. The third kappa shape index (κ3) is 3.38. The van der Waals surface area contributed by atoms with Crippen LogP contribution < -0.4 is 0 Å². The summed E-state index contributed by atoms with van der Waals surface area (Å²) < 4.78 is 0. The summed E-state index contributed by atoms with van der Waals surface area (Å²) in [6.07, 6.45) is 2.36. The highest BCUT2D eigenvalue weighted by Gasteiger charge is 2.47. The number of halogens is 1. The second-order valence-corrected chi connectivity index (χ2v) is 7.70. The monoisotopic (exact) mass is 371 g/mol. The van der Waals surface area contributed by atoms with Crippen LogP contribution in [0.25, 0.3) is 0 Å². The predicted octanol–water partition coefficient (Wildman–Crippen LogP) is 4.73. The first-order valence-corrected chi connectivity index (χ1v) is 9.63. The fourth-order valence-electron chi connectivity index (χ4n) is 4.02. The molecule has 0 aliphatic carbocycles. The smallest absolute Gasteiger partial charge is 0.233 e. The van der Waals surface area contributed by atoms with Crippen LogP contribution >= 0.6 is 11.6 Å². The average molecular weight is 372 g/mol. The minimum Gasteiger partial charge on any atom is -0.394 e. The Morgan fingerprint density at radius 3 is 2.42 bits per heavy atom. The molecule has 1 saturated heterocycles. The Kier molecular flexibility index (Phi) is 5.69. The number of amides is 1. The Morgan fingerprint density at radius 1 is 1.19 bits per heavy atom. The van der Waals surface area contributed by atoms with Crippen LogP contribution in [0.5, 0.6) is 0 Å². The van der Waals surface area contributed by atoms with Crippen LogP contribution in [0, 0.1) is 0 Å². The van der Waals surface area contributed by atoms with Crippen LogP contribution in [-0.4, -0.2) is 28.6 Å². The topological polar surface area (TPSA) is 40.5 Å². The third-order valence-corrected chi connectivity index (χ3v) is 5.95. The van der Waals surface area contributed by atoms with Gasteiger partial charge in [-0.15, -0.1) is 0 Å². The molecule has 0 aromatic heterocycles. The van der Waals surface area contributed by atoms with Gasteiger partial charge in [-0.1, -0.05) is 61.0 Å². The van der Waals surface area contributed by atoms with Gasteiger partial charge in [0.05, 0.1) is 24.1 Å². The molecule has 3 nitrogen and oxygen atoms in total. The van der Waals surface area contributed by atoms with Gasteiger partial charge in [-0.05, 0) is 49.4 Å². The van der Waals surface area contributed by atoms with Crippen LogP contribution in [0.3, 0.4) is 0 Å². The van der Waals surface area contributed by atoms with E-state index in [9.17, 15) is 9.90 Å². The van der Waals surface area contributed by atoms with E-state index in [0.717, 1.165) is 30.4 Å². The summed E-state index contributed by atoms with van der Waals surface area (Å²) in [7, 11) is 0. The standard InChI is InChI=1S/C22H26ClNO2/c1-3-19(15-25)24-20(16-9-11-18(23)12-10-16)13-14-22(2,21(24)26)17-7-5-4-6-8-17/h4-12,19-20,25H,3,13-15H2,1-2H3. The lowest BCUT2D eigenvalue weighted by molar-refractivity contribution is -0.148. The Balaban J connectivity index is 2.02. The van der Waals surface area contributed by atoms with Crippen molar-refractivity contribution in [3.05, 3.63) is 70.7 Å². The molecule has 1 heterocycles. The minimum atomic E-state index is -0.563. The number of hydrogen-bond acceptors (Lipinski definition) is 2. The van der Waals surface area contributed by atoms with Gasteiger partial charge in [0.15, 0.2) is 0 Å². The number of piperidine rings is 1. The molecular weight excluding hydrogens is 346 g/mol. The van der Waals surface area contributed by atoms with Crippen molar-refractivity contribution in [2.45, 2.75) is 50.6 Å². The van der Waals surface area contributed by atoms with E-state index in [-0.39, 0.29) is 24.6 Å². The SMILES string of the molecule is CCC(CO)N1C(=O)C(C)(c2ccccc2)CCC1c1ccc(Cl)cc1. The summed E-state index contributed by atoms with van der Waals surface area (Å²) in [5, 5.41) is 10.6. The summed E-state index contributed by atoms with van der Waals surface area (Å²) in [6, 6.07) is 17.5. The lowest BCUT2D eigenvalue weighted by Gasteiger charge is -2.48. The molecule has 3 atom stereocenters. The van der Waals surface area contributed by atoms with Gasteiger partial charge in [0.1, 0.15) is 0 Å². The molecule has 4 heteroatoms. The normalized spacial score (nSPS) is 24.5. The van der Waals surface area contributed by atoms with E-state index in [1.807, 2.05) is 73.3 Å². The highest BCUT2D eigenvalue weighted by Crippen LogP contribution is 2.44. The maximum Gasteiger partial charge on any atom is 0.233 e. The Bertz CT molecular complexity index is 742. The number of carbonyl (C=O) groups is 1. The first kappa shape index (κ1) is 18.9. The molecule has 0 spiro atoms. The van der Waals surface area contributed by atoms with Crippen LogP contribution in [0.1, 0.15) is 50.3 Å². The highest BCUT2D eigenvalue weighted by molar-refractivity contribution is 6.30. The average Bonchev–Trinajstić information content (AvgIpc) is 2.68. The number of aliphatic hydroxyl groups excluding tert-OH is 1. The largest absolute Gasteiger partial charge is 0.394 e. The first-order chi connectivity index (χ1) is 12.5. The van der Waals surface area contributed by atoms with Crippen molar-refractivity contribution >= 4 is 17.5 Å². The molecule has 1 amide bonds. The molecule has 1 fully saturated rings. The van der Waals surface area contributed by atoms with Gasteiger partial charge < -0.3 is 10.0 Å². The van der Waals surface area contributed by atoms with Gasteiger partial charge in [0, 0.05) is 5.02 Å². The fraction of sp³-hybridized carbons (Fsp3) is 0.409. The van der Waals surface area contributed by atoms with Crippen molar-refractivity contribution in [2.75, 3.05) is 6.61 Å². The van der Waals surface area contributed by atoms with Crippen molar-refractivity contribution in [3.8, 4) is 0 Å². The predicted molar refractivity (Wildman–Crippen MR) is 105 cm³/mol. The first-order valence-electron chi connectivity index (χ1n) is 9.26. The molecule has 3 rings (SSSR count). The maximum absolute atomic E-state index is 13.6. The van der Waals surface area contributed by atoms with Gasteiger partial charge in [0.2, 0.25) is 5.91 Å². The van der Waals surface area contributed by atoms with Crippen LogP contribution in [0.2, 0.25) is 5.02 Å². The Hall–Kier alpha value is -1.84. The molecule has 1 aliphatic rings. The number of benzene rings is 2. The Morgan fingerprint density at radius 2 is 1.85 bits per heavy atom. The molecule has 1 N–H and O–H groups in total. The number of nitrogens with zero attached hydrogens (tertiary/aromatic N) is 1. The van der Waals surface area contributed by atoms with Crippen molar-refractivity contribution in [3.63, 3.8) is 0 Å². The number of carbonyl (C=O) groups excluding carboxylic acids is 1. The van der Waals surface area contributed by atoms with Crippen molar-refractivity contribution in [1.29, 1.82) is 0 Å². The van der Waals surface area contributed by atoms with E-state index < -0.39 is 5.41 Å². The molecule has 2 aromatic rings. The van der Waals surface area contributed by atoms with E-state index in [1.54, 1.807) is 0 Å². The number of likely N-dealkylation sites (tertiary alicyclic amines) is 1. The summed E-state index contributed by atoms with van der Waals surface area (Å²) >= 11 is 6.04. The molecule has 138 valence electrons. The number of aliphatic hydroxyl groups is 1. The zero-order valence-electron chi connectivity index (χ0n) is 15.4. The molecule has 0 saturated carbocycles. The van der Waals surface area contributed by atoms with E-state index in [4.69, 9.17) is 11.6 Å². The summed E-state index contributed by atoms with van der Waals surface area (Å²) in [6.45, 7) is 4.01.